The molecular formula is C21H31N3OS2. The number of thiocarbonyl (C=S) groups is 1. The highest BCUT2D eigenvalue weighted by atomic mass is 32.2. The van der Waals surface area contributed by atoms with E-state index in [0.29, 0.717) is 5.11 Å². The third kappa shape index (κ3) is 7.95. The maximum absolute atomic E-state index is 5.81. The zero-order valence-corrected chi connectivity index (χ0v) is 18.6. The summed E-state index contributed by atoms with van der Waals surface area (Å²) in [6.45, 7) is 8.30. The second-order valence-electron chi connectivity index (χ2n) is 7.87. The minimum Gasteiger partial charge on any atom is -0.464 e. The number of nitrogens with one attached hydrogen (secondary N) is 2. The average molecular weight is 406 g/mol. The SMILES string of the molecule is CN(C)Cc1ccc(CSCCNC(=S)Nc2ccc(C(C)(C)C)cc2)o1. The third-order valence-electron chi connectivity index (χ3n) is 3.97. The van der Waals surface area contributed by atoms with Crippen molar-refractivity contribution in [3.8, 4) is 0 Å². The Kier molecular flexibility index (Phi) is 8.20. The van der Waals surface area contributed by atoms with Crippen LogP contribution in [0, 0.1) is 0 Å². The van der Waals surface area contributed by atoms with Gasteiger partial charge >= 0.3 is 0 Å². The van der Waals surface area contributed by atoms with Gasteiger partial charge in [0.15, 0.2) is 5.11 Å². The number of furan rings is 1. The Balaban J connectivity index is 1.64. The zero-order valence-electron chi connectivity index (χ0n) is 17.0. The molecule has 0 bridgehead atoms. The predicted octanol–water partition coefficient (Wildman–Crippen LogP) is 4.86. The number of anilines is 1. The Hall–Kier alpha value is -1.50. The van der Waals surface area contributed by atoms with E-state index < -0.39 is 0 Å². The molecule has 6 heteroatoms. The lowest BCUT2D eigenvalue weighted by atomic mass is 9.87. The molecule has 2 aromatic rings. The van der Waals surface area contributed by atoms with E-state index >= 15 is 0 Å². The van der Waals surface area contributed by atoms with E-state index in [1.165, 1.54) is 5.56 Å². The van der Waals surface area contributed by atoms with Crippen LogP contribution in [-0.4, -0.2) is 36.4 Å². The van der Waals surface area contributed by atoms with Gasteiger partial charge in [-0.15, -0.1) is 0 Å². The molecule has 0 atom stereocenters. The lowest BCUT2D eigenvalue weighted by Crippen LogP contribution is -2.30. The van der Waals surface area contributed by atoms with Crippen LogP contribution in [-0.2, 0) is 17.7 Å². The van der Waals surface area contributed by atoms with Crippen LogP contribution in [0.3, 0.4) is 0 Å². The van der Waals surface area contributed by atoms with Crippen molar-refractivity contribution in [3.63, 3.8) is 0 Å². The molecule has 0 aliphatic heterocycles. The van der Waals surface area contributed by atoms with Gasteiger partial charge in [0, 0.05) is 18.0 Å². The van der Waals surface area contributed by atoms with Crippen LogP contribution in [0.5, 0.6) is 0 Å². The van der Waals surface area contributed by atoms with Crippen molar-refractivity contribution in [3.05, 3.63) is 53.5 Å². The zero-order chi connectivity index (χ0) is 19.9. The quantitative estimate of drug-likeness (QED) is 0.483. The molecule has 0 amide bonds. The van der Waals surface area contributed by atoms with Gasteiger partial charge in [-0.2, -0.15) is 11.8 Å². The van der Waals surface area contributed by atoms with Gasteiger partial charge in [0.1, 0.15) is 11.5 Å². The first-order valence-corrected chi connectivity index (χ1v) is 10.8. The van der Waals surface area contributed by atoms with Crippen LogP contribution in [0.4, 0.5) is 5.69 Å². The molecule has 4 nitrogen and oxygen atoms in total. The molecule has 0 unspecified atom stereocenters. The van der Waals surface area contributed by atoms with Gasteiger partial charge < -0.3 is 20.0 Å². The highest BCUT2D eigenvalue weighted by Crippen LogP contribution is 2.23. The molecule has 27 heavy (non-hydrogen) atoms. The standard InChI is InChI=1S/C21H31N3OS2/c1-21(2,3)16-6-8-17(9-7-16)23-20(26)22-12-13-27-15-19-11-10-18(25-19)14-24(4)5/h6-11H,12-15H2,1-5H3,(H2,22,23,26). The fourth-order valence-electron chi connectivity index (χ4n) is 2.53. The average Bonchev–Trinajstić information content (AvgIpc) is 3.00. The summed E-state index contributed by atoms with van der Waals surface area (Å²) in [5.41, 5.74) is 2.49. The molecule has 0 fully saturated rings. The molecule has 0 saturated carbocycles. The third-order valence-corrected chi connectivity index (χ3v) is 5.20. The van der Waals surface area contributed by atoms with Gasteiger partial charge in [-0.05, 0) is 61.6 Å². The molecule has 1 aromatic carbocycles. The Morgan fingerprint density at radius 2 is 1.74 bits per heavy atom. The second-order valence-corrected chi connectivity index (χ2v) is 9.38. The number of hydrogen-bond acceptors (Lipinski definition) is 4. The van der Waals surface area contributed by atoms with Crippen LogP contribution >= 0.6 is 24.0 Å². The van der Waals surface area contributed by atoms with Gasteiger partial charge in [-0.3, -0.25) is 0 Å². The largest absolute Gasteiger partial charge is 0.464 e. The fourth-order valence-corrected chi connectivity index (χ4v) is 3.50. The van der Waals surface area contributed by atoms with E-state index in [9.17, 15) is 0 Å². The topological polar surface area (TPSA) is 40.4 Å². The van der Waals surface area contributed by atoms with E-state index in [2.05, 4.69) is 72.7 Å². The van der Waals surface area contributed by atoms with Crippen molar-refractivity contribution in [1.82, 2.24) is 10.2 Å². The smallest absolute Gasteiger partial charge is 0.170 e. The molecular weight excluding hydrogens is 374 g/mol. The second kappa shape index (κ2) is 10.2. The molecule has 2 rings (SSSR count). The Bertz CT molecular complexity index is 718. The van der Waals surface area contributed by atoms with Crippen molar-refractivity contribution >= 4 is 34.8 Å². The van der Waals surface area contributed by atoms with Gasteiger partial charge in [-0.25, -0.2) is 0 Å². The van der Waals surface area contributed by atoms with Crippen molar-refractivity contribution in [2.24, 2.45) is 0 Å². The maximum Gasteiger partial charge on any atom is 0.170 e. The fraction of sp³-hybridized carbons (Fsp3) is 0.476. The Morgan fingerprint density at radius 1 is 1.07 bits per heavy atom. The lowest BCUT2D eigenvalue weighted by molar-refractivity contribution is 0.344. The van der Waals surface area contributed by atoms with E-state index in [0.717, 1.165) is 41.8 Å². The lowest BCUT2D eigenvalue weighted by Gasteiger charge is -2.19. The van der Waals surface area contributed by atoms with Gasteiger partial charge in [0.25, 0.3) is 0 Å². The van der Waals surface area contributed by atoms with Crippen molar-refractivity contribution in [2.45, 2.75) is 38.5 Å². The van der Waals surface area contributed by atoms with Crippen LogP contribution in [0.25, 0.3) is 0 Å². The molecule has 2 N–H and O–H groups in total. The number of thioether (sulfide) groups is 1. The van der Waals surface area contributed by atoms with Crippen LogP contribution < -0.4 is 10.6 Å². The Labute approximate surface area is 173 Å². The molecule has 0 spiro atoms. The normalized spacial score (nSPS) is 11.6. The number of rotatable bonds is 8. The minimum absolute atomic E-state index is 0.162. The van der Waals surface area contributed by atoms with Gasteiger partial charge in [0.05, 0.1) is 12.3 Å². The molecule has 1 aromatic heterocycles. The summed E-state index contributed by atoms with van der Waals surface area (Å²) in [6.07, 6.45) is 0. The molecule has 0 saturated heterocycles. The summed E-state index contributed by atoms with van der Waals surface area (Å²) in [7, 11) is 4.08. The summed E-state index contributed by atoms with van der Waals surface area (Å²) in [4.78, 5) is 2.10. The predicted molar refractivity (Wildman–Crippen MR) is 122 cm³/mol. The van der Waals surface area contributed by atoms with Crippen molar-refractivity contribution in [1.29, 1.82) is 0 Å². The molecule has 0 aliphatic rings. The van der Waals surface area contributed by atoms with Crippen molar-refractivity contribution in [2.75, 3.05) is 31.7 Å². The van der Waals surface area contributed by atoms with Crippen LogP contribution in [0.15, 0.2) is 40.8 Å². The van der Waals surface area contributed by atoms with Crippen LogP contribution in [0.1, 0.15) is 37.9 Å². The highest BCUT2D eigenvalue weighted by molar-refractivity contribution is 7.98. The van der Waals surface area contributed by atoms with E-state index in [-0.39, 0.29) is 5.41 Å². The first-order valence-electron chi connectivity index (χ1n) is 9.19. The first-order chi connectivity index (χ1) is 12.7. The number of nitrogens with zero attached hydrogens (tertiary/aromatic N) is 1. The monoisotopic (exact) mass is 405 g/mol. The summed E-state index contributed by atoms with van der Waals surface area (Å²) >= 11 is 7.21. The van der Waals surface area contributed by atoms with E-state index in [1.807, 2.05) is 25.9 Å². The molecule has 0 aliphatic carbocycles. The summed E-state index contributed by atoms with van der Waals surface area (Å²) < 4.78 is 5.81. The summed E-state index contributed by atoms with van der Waals surface area (Å²) in [6, 6.07) is 12.6. The molecule has 0 radical (unpaired) electrons. The number of hydrogen-bond donors (Lipinski definition) is 2. The van der Waals surface area contributed by atoms with Crippen molar-refractivity contribution < 1.29 is 4.42 Å². The van der Waals surface area contributed by atoms with E-state index in [1.54, 1.807) is 0 Å². The number of benzene rings is 1. The first kappa shape index (κ1) is 21.8. The summed E-state index contributed by atoms with van der Waals surface area (Å²) in [5, 5.41) is 7.15. The maximum atomic E-state index is 5.81. The molecule has 1 heterocycles. The van der Waals surface area contributed by atoms with Gasteiger partial charge in [-0.1, -0.05) is 32.9 Å². The van der Waals surface area contributed by atoms with Gasteiger partial charge in [0.2, 0.25) is 0 Å². The minimum atomic E-state index is 0.162. The molecule has 148 valence electrons. The van der Waals surface area contributed by atoms with Crippen LogP contribution in [0.2, 0.25) is 0 Å². The highest BCUT2D eigenvalue weighted by Gasteiger charge is 2.12. The Morgan fingerprint density at radius 3 is 2.37 bits per heavy atom. The van der Waals surface area contributed by atoms with E-state index in [4.69, 9.17) is 16.6 Å². The summed E-state index contributed by atoms with van der Waals surface area (Å²) in [5.74, 6) is 3.88.